The Morgan fingerprint density at radius 1 is 0.468 bits per heavy atom. The Labute approximate surface area is 271 Å². The normalized spacial score (nSPS) is 16.9. The van der Waals surface area contributed by atoms with Gasteiger partial charge < -0.3 is 0 Å². The van der Waals surface area contributed by atoms with Crippen LogP contribution in [0.4, 0.5) is 11.6 Å². The molecule has 2 aromatic heterocycles. The molecule has 8 heteroatoms. The number of benzene rings is 4. The van der Waals surface area contributed by atoms with Gasteiger partial charge in [-0.2, -0.15) is 9.13 Å². The molecule has 0 atom stereocenters. The smallest absolute Gasteiger partial charge is 0.192 e. The molecule has 0 radical (unpaired) electrons. The van der Waals surface area contributed by atoms with Crippen LogP contribution < -0.4 is 11.0 Å². The fourth-order valence-corrected chi connectivity index (χ4v) is 7.88. The lowest BCUT2D eigenvalue weighted by Gasteiger charge is -2.40. The summed E-state index contributed by atoms with van der Waals surface area (Å²) in [6, 6.07) is 34.0. The van der Waals surface area contributed by atoms with Gasteiger partial charge in [-0.25, -0.2) is 0 Å². The molecule has 0 N–H and O–H groups in total. The molecule has 6 aliphatic heterocycles. The Kier molecular flexibility index (Phi) is 5.16. The van der Waals surface area contributed by atoms with E-state index < -0.39 is 5.91 Å². The molecule has 6 aliphatic rings. The molecule has 0 saturated carbocycles. The molecule has 0 bridgehead atoms. The monoisotopic (exact) mass is 612 g/mol. The van der Waals surface area contributed by atoms with Crippen molar-refractivity contribution in [1.82, 2.24) is 9.13 Å². The standard InChI is InChI=1S/C33H16N8.2C3H8/c1-2-10-18-17(9-1)25-34-27-19-11-3-4-12-20(19)29-36-31-23-15-7-8-16-24(23)32-37-30-22-14-6-5-13-21(22)28-35-26(18)38(25)33(39(27)29,40(28)30)41(31)32;2*1-3-2/h1-16H;2*3H2,1-2H3/q+2;;. The molecule has 4 aromatic carbocycles. The Morgan fingerprint density at radius 2 is 0.830 bits per heavy atom. The van der Waals surface area contributed by atoms with Gasteiger partial charge in [-0.15, -0.1) is 9.15 Å². The molecular weight excluding hydrogens is 580 g/mol. The first-order chi connectivity index (χ1) is 23.2. The fraction of sp³-hybridized carbons (Fsp3) is 0.179. The summed E-state index contributed by atoms with van der Waals surface area (Å²) in [4.78, 5) is 21.7. The zero-order chi connectivity index (χ0) is 31.6. The van der Waals surface area contributed by atoms with Crippen LogP contribution in [-0.2, 0) is 5.91 Å². The van der Waals surface area contributed by atoms with Crippen LogP contribution in [0.1, 0.15) is 62.8 Å². The molecule has 0 aliphatic carbocycles. The van der Waals surface area contributed by atoms with Gasteiger partial charge >= 0.3 is 5.91 Å². The molecule has 12 rings (SSSR count). The van der Waals surface area contributed by atoms with Crippen LogP contribution in [0.2, 0.25) is 0 Å². The molecule has 226 valence electrons. The Hall–Kier alpha value is -5.76. The second-order valence-electron chi connectivity index (χ2n) is 12.6. The van der Waals surface area contributed by atoms with Gasteiger partial charge in [0.1, 0.15) is 0 Å². The van der Waals surface area contributed by atoms with E-state index in [1.807, 2.05) is 0 Å². The van der Waals surface area contributed by atoms with E-state index >= 15 is 0 Å². The number of rotatable bonds is 0. The van der Waals surface area contributed by atoms with Gasteiger partial charge in [-0.3, -0.25) is 0 Å². The largest absolute Gasteiger partial charge is 0.404 e. The minimum atomic E-state index is -0.923. The minimum Gasteiger partial charge on any atom is -0.192 e. The molecule has 6 aromatic rings. The number of hydrogen-bond donors (Lipinski definition) is 0. The van der Waals surface area contributed by atoms with Crippen LogP contribution in [0.15, 0.2) is 117 Å². The molecule has 0 amide bonds. The van der Waals surface area contributed by atoms with E-state index in [2.05, 4.69) is 143 Å². The lowest BCUT2D eigenvalue weighted by molar-refractivity contribution is -0.790. The predicted octanol–water partition coefficient (Wildman–Crippen LogP) is 6.54. The molecule has 47 heavy (non-hydrogen) atoms. The van der Waals surface area contributed by atoms with E-state index in [0.717, 1.165) is 89.8 Å². The molecular formula is C39H32N8+2. The molecule has 0 fully saturated rings. The maximum atomic E-state index is 5.42. The van der Waals surface area contributed by atoms with Crippen molar-refractivity contribution in [3.8, 4) is 0 Å². The van der Waals surface area contributed by atoms with Crippen LogP contribution in [-0.4, -0.2) is 41.6 Å². The van der Waals surface area contributed by atoms with Crippen LogP contribution in [0.25, 0.3) is 21.5 Å². The molecule has 8 nitrogen and oxygen atoms in total. The Bertz CT molecular complexity index is 2500. The second kappa shape index (κ2) is 9.16. The van der Waals surface area contributed by atoms with Crippen molar-refractivity contribution in [1.29, 1.82) is 0 Å². The second-order valence-corrected chi connectivity index (χ2v) is 12.6. The summed E-state index contributed by atoms with van der Waals surface area (Å²) in [5, 5.41) is 4.33. The summed E-state index contributed by atoms with van der Waals surface area (Å²) in [7, 11) is 0. The number of aromatic nitrogens is 2. The first kappa shape index (κ1) is 26.5. The number of aliphatic imine (C=N–C) groups is 2. The van der Waals surface area contributed by atoms with Gasteiger partial charge in [-0.05, 0) is 48.5 Å². The minimum absolute atomic E-state index is 0.898. The van der Waals surface area contributed by atoms with Gasteiger partial charge in [0.05, 0.1) is 22.3 Å². The highest BCUT2D eigenvalue weighted by molar-refractivity contribution is 6.20. The van der Waals surface area contributed by atoms with Gasteiger partial charge in [0.25, 0.3) is 23.3 Å². The van der Waals surface area contributed by atoms with Crippen molar-refractivity contribution < 1.29 is 9.15 Å². The maximum absolute atomic E-state index is 5.42. The molecule has 0 unspecified atom stereocenters. The predicted molar refractivity (Wildman–Crippen MR) is 186 cm³/mol. The third-order valence-electron chi connectivity index (χ3n) is 9.38. The summed E-state index contributed by atoms with van der Waals surface area (Å²) >= 11 is 0. The Balaban J connectivity index is 0.000000446. The van der Waals surface area contributed by atoms with E-state index in [9.17, 15) is 0 Å². The lowest BCUT2D eigenvalue weighted by atomic mass is 10.1. The fourth-order valence-electron chi connectivity index (χ4n) is 7.88. The van der Waals surface area contributed by atoms with Crippen LogP contribution >= 0.6 is 0 Å². The molecule has 1 spiro atoms. The maximum Gasteiger partial charge on any atom is 0.404 e. The van der Waals surface area contributed by atoms with Crippen molar-refractivity contribution in [2.45, 2.75) is 46.4 Å². The van der Waals surface area contributed by atoms with Crippen LogP contribution in [0.3, 0.4) is 0 Å². The van der Waals surface area contributed by atoms with Gasteiger partial charge in [0.2, 0.25) is 22.6 Å². The third kappa shape index (κ3) is 2.91. The quantitative estimate of drug-likeness (QED) is 0.175. The van der Waals surface area contributed by atoms with Crippen molar-refractivity contribution >= 4 is 56.5 Å². The zero-order valence-electron chi connectivity index (χ0n) is 26.7. The highest BCUT2D eigenvalue weighted by atomic mass is 15.7. The number of fused-ring (bicyclic) bond motifs is 12. The first-order valence-electron chi connectivity index (χ1n) is 16.6. The summed E-state index contributed by atoms with van der Waals surface area (Å²) in [5.41, 5.74) is 6.13. The van der Waals surface area contributed by atoms with Gasteiger partial charge in [-0.1, -0.05) is 109 Å². The van der Waals surface area contributed by atoms with Crippen molar-refractivity contribution in [3.63, 3.8) is 0 Å². The first-order valence-corrected chi connectivity index (χ1v) is 16.6. The van der Waals surface area contributed by atoms with Gasteiger partial charge in [0, 0.05) is 21.5 Å². The third-order valence-corrected chi connectivity index (χ3v) is 9.38. The molecule has 0 saturated heterocycles. The van der Waals surface area contributed by atoms with Crippen LogP contribution in [0, 0.1) is 0 Å². The SMILES string of the molecule is CCC.CCC.c1ccc2c(c1)C1=Nc3c4ccccc4c4n3C35n6c(c7ccccc7c6=NC6=[N+]3C(=N4)c3ccccc36)=NC2=[N+]15. The average Bonchev–Trinajstić information content (AvgIpc) is 3.82. The van der Waals surface area contributed by atoms with Crippen molar-refractivity contribution in [3.05, 3.63) is 130 Å². The van der Waals surface area contributed by atoms with Crippen molar-refractivity contribution in [2.75, 3.05) is 0 Å². The number of nitrogens with zero attached hydrogens (tertiary/aromatic N) is 8. The van der Waals surface area contributed by atoms with E-state index in [0.29, 0.717) is 0 Å². The summed E-state index contributed by atoms with van der Waals surface area (Å²) in [6.07, 6.45) is 2.50. The summed E-state index contributed by atoms with van der Waals surface area (Å²) < 4.78 is 9.32. The number of amidine groups is 4. The molecule has 8 heterocycles. The van der Waals surface area contributed by atoms with E-state index in [1.165, 1.54) is 12.8 Å². The van der Waals surface area contributed by atoms with Crippen LogP contribution in [0.5, 0.6) is 0 Å². The Morgan fingerprint density at radius 3 is 1.26 bits per heavy atom. The van der Waals surface area contributed by atoms with E-state index in [4.69, 9.17) is 20.0 Å². The zero-order valence-corrected chi connectivity index (χ0v) is 26.7. The van der Waals surface area contributed by atoms with E-state index in [-0.39, 0.29) is 0 Å². The highest BCUT2D eigenvalue weighted by Crippen LogP contribution is 2.52. The average molecular weight is 613 g/mol. The lowest BCUT2D eigenvalue weighted by Crippen LogP contribution is -2.71. The summed E-state index contributed by atoms with van der Waals surface area (Å²) in [6.45, 7) is 8.50. The highest BCUT2D eigenvalue weighted by Gasteiger charge is 2.69. The topological polar surface area (TPSA) is 65.3 Å². The van der Waals surface area contributed by atoms with Crippen molar-refractivity contribution in [2.24, 2.45) is 20.0 Å². The summed E-state index contributed by atoms with van der Waals surface area (Å²) in [5.74, 6) is 4.46. The van der Waals surface area contributed by atoms with E-state index in [1.54, 1.807) is 0 Å². The number of hydrogen-bond acceptors (Lipinski definition) is 4. The van der Waals surface area contributed by atoms with Gasteiger partial charge in [0.15, 0.2) is 0 Å².